The Bertz CT molecular complexity index is 461. The fourth-order valence-electron chi connectivity index (χ4n) is 2.12. The normalized spacial score (nSPS) is 23.6. The molecule has 2 N–H and O–H groups in total. The van der Waals surface area contributed by atoms with Gasteiger partial charge in [-0.15, -0.1) is 0 Å². The zero-order chi connectivity index (χ0) is 13.3. The van der Waals surface area contributed by atoms with Crippen LogP contribution < -0.4 is 10.6 Å². The Morgan fingerprint density at radius 1 is 1.61 bits per heavy atom. The van der Waals surface area contributed by atoms with Gasteiger partial charge in [-0.1, -0.05) is 6.92 Å². The number of aromatic nitrogens is 2. The summed E-state index contributed by atoms with van der Waals surface area (Å²) in [5, 5.41) is 9.59. The van der Waals surface area contributed by atoms with Crippen molar-refractivity contribution in [3.8, 4) is 0 Å². The van der Waals surface area contributed by atoms with E-state index in [1.54, 1.807) is 10.7 Å². The lowest BCUT2D eigenvalue weighted by atomic mass is 9.93. The van der Waals surface area contributed by atoms with Gasteiger partial charge in [0.05, 0.1) is 0 Å². The maximum absolute atomic E-state index is 12.0. The summed E-state index contributed by atoms with van der Waals surface area (Å²) in [5.41, 5.74) is 0.964. The summed E-state index contributed by atoms with van der Waals surface area (Å²) in [4.78, 5) is 23.4. The van der Waals surface area contributed by atoms with E-state index in [4.69, 9.17) is 0 Å². The molecule has 1 saturated heterocycles. The van der Waals surface area contributed by atoms with Gasteiger partial charge in [0.15, 0.2) is 5.82 Å². The molecule has 0 spiro atoms. The summed E-state index contributed by atoms with van der Waals surface area (Å²) in [6.07, 6.45) is 1.16. The third kappa shape index (κ3) is 2.69. The molecular weight excluding hydrogens is 232 g/mol. The van der Waals surface area contributed by atoms with Crippen molar-refractivity contribution in [2.75, 3.05) is 5.32 Å². The van der Waals surface area contributed by atoms with Crippen LogP contribution in [0.4, 0.5) is 5.82 Å². The fraction of sp³-hybridized carbons (Fsp3) is 0.583. The number of hydrogen-bond acceptors (Lipinski definition) is 3. The molecular formula is C12H18N4O2. The van der Waals surface area contributed by atoms with Gasteiger partial charge in [-0.2, -0.15) is 5.10 Å². The standard InChI is InChI=1S/C12H18N4O2/c1-7-4-9(13-11(17)5-7)12(18)14-10-6-8(2)16(3)15-10/h6-7,9H,4-5H2,1-3H3,(H,13,17)(H,14,15,18)/t7-,9-/m0/s1. The Morgan fingerprint density at radius 2 is 2.33 bits per heavy atom. The Labute approximate surface area is 106 Å². The Morgan fingerprint density at radius 3 is 2.89 bits per heavy atom. The van der Waals surface area contributed by atoms with Gasteiger partial charge in [-0.3, -0.25) is 14.3 Å². The second-order valence-corrected chi connectivity index (χ2v) is 4.95. The molecule has 0 unspecified atom stereocenters. The van der Waals surface area contributed by atoms with Crippen LogP contribution in [0.15, 0.2) is 6.07 Å². The van der Waals surface area contributed by atoms with E-state index in [2.05, 4.69) is 15.7 Å². The average Bonchev–Trinajstić information content (AvgIpc) is 2.56. The predicted molar refractivity (Wildman–Crippen MR) is 66.9 cm³/mol. The smallest absolute Gasteiger partial charge is 0.248 e. The molecule has 18 heavy (non-hydrogen) atoms. The van der Waals surface area contributed by atoms with E-state index in [-0.39, 0.29) is 17.7 Å². The van der Waals surface area contributed by atoms with Crippen molar-refractivity contribution < 1.29 is 9.59 Å². The largest absolute Gasteiger partial charge is 0.344 e. The van der Waals surface area contributed by atoms with E-state index < -0.39 is 6.04 Å². The van der Waals surface area contributed by atoms with E-state index in [1.165, 1.54) is 0 Å². The first kappa shape index (κ1) is 12.6. The van der Waals surface area contributed by atoms with Crippen molar-refractivity contribution in [1.82, 2.24) is 15.1 Å². The van der Waals surface area contributed by atoms with Crippen LogP contribution in [0, 0.1) is 12.8 Å². The van der Waals surface area contributed by atoms with Crippen LogP contribution in [0.25, 0.3) is 0 Å². The highest BCUT2D eigenvalue weighted by Gasteiger charge is 2.29. The molecule has 6 heteroatoms. The minimum Gasteiger partial charge on any atom is -0.344 e. The maximum Gasteiger partial charge on any atom is 0.248 e. The number of nitrogens with one attached hydrogen (secondary N) is 2. The molecule has 1 fully saturated rings. The summed E-state index contributed by atoms with van der Waals surface area (Å²) >= 11 is 0. The molecule has 1 aliphatic heterocycles. The zero-order valence-electron chi connectivity index (χ0n) is 10.9. The Kier molecular flexibility index (Phi) is 3.36. The summed E-state index contributed by atoms with van der Waals surface area (Å²) in [6.45, 7) is 3.89. The van der Waals surface area contributed by atoms with E-state index >= 15 is 0 Å². The average molecular weight is 250 g/mol. The zero-order valence-corrected chi connectivity index (χ0v) is 10.9. The highest BCUT2D eigenvalue weighted by Crippen LogP contribution is 2.17. The molecule has 98 valence electrons. The number of carbonyl (C=O) groups is 2. The SMILES string of the molecule is Cc1cc(NC(=O)[C@@H]2C[C@H](C)CC(=O)N2)nn1C. The highest BCUT2D eigenvalue weighted by atomic mass is 16.2. The first-order valence-corrected chi connectivity index (χ1v) is 6.06. The number of amides is 2. The Hall–Kier alpha value is -1.85. The van der Waals surface area contributed by atoms with Gasteiger partial charge in [-0.05, 0) is 19.3 Å². The lowest BCUT2D eigenvalue weighted by molar-refractivity contribution is -0.129. The van der Waals surface area contributed by atoms with Crippen LogP contribution >= 0.6 is 0 Å². The second-order valence-electron chi connectivity index (χ2n) is 4.95. The molecule has 1 aliphatic rings. The molecule has 0 bridgehead atoms. The molecule has 6 nitrogen and oxygen atoms in total. The monoisotopic (exact) mass is 250 g/mol. The number of anilines is 1. The van der Waals surface area contributed by atoms with Crippen molar-refractivity contribution in [2.45, 2.75) is 32.7 Å². The lowest BCUT2D eigenvalue weighted by Crippen LogP contribution is -2.48. The van der Waals surface area contributed by atoms with Gasteiger partial charge in [0.1, 0.15) is 6.04 Å². The summed E-state index contributed by atoms with van der Waals surface area (Å²) in [6, 6.07) is 1.34. The first-order chi connectivity index (χ1) is 8.45. The topological polar surface area (TPSA) is 76.0 Å². The quantitative estimate of drug-likeness (QED) is 0.806. The highest BCUT2D eigenvalue weighted by molar-refractivity contribution is 5.97. The number of nitrogens with zero attached hydrogens (tertiary/aromatic N) is 2. The van der Waals surface area contributed by atoms with Crippen molar-refractivity contribution in [2.24, 2.45) is 13.0 Å². The van der Waals surface area contributed by atoms with Gasteiger partial charge in [-0.25, -0.2) is 0 Å². The van der Waals surface area contributed by atoms with Gasteiger partial charge < -0.3 is 10.6 Å². The molecule has 0 aromatic carbocycles. The molecule has 1 aromatic heterocycles. The van der Waals surface area contributed by atoms with E-state index in [0.29, 0.717) is 18.7 Å². The minimum atomic E-state index is -0.455. The number of piperidine rings is 1. The third-order valence-corrected chi connectivity index (χ3v) is 3.19. The summed E-state index contributed by atoms with van der Waals surface area (Å²) < 4.78 is 1.69. The fourth-order valence-corrected chi connectivity index (χ4v) is 2.12. The van der Waals surface area contributed by atoms with Crippen LogP contribution in [-0.4, -0.2) is 27.6 Å². The summed E-state index contributed by atoms with van der Waals surface area (Å²) in [7, 11) is 1.81. The summed E-state index contributed by atoms with van der Waals surface area (Å²) in [5.74, 6) is 0.492. The maximum atomic E-state index is 12.0. The van der Waals surface area contributed by atoms with E-state index in [9.17, 15) is 9.59 Å². The van der Waals surface area contributed by atoms with E-state index in [1.807, 2.05) is 20.9 Å². The van der Waals surface area contributed by atoms with Crippen molar-refractivity contribution >= 4 is 17.6 Å². The van der Waals surface area contributed by atoms with Crippen LogP contribution in [-0.2, 0) is 16.6 Å². The first-order valence-electron chi connectivity index (χ1n) is 6.06. The van der Waals surface area contributed by atoms with Gasteiger partial charge in [0.2, 0.25) is 11.8 Å². The third-order valence-electron chi connectivity index (χ3n) is 3.19. The van der Waals surface area contributed by atoms with Crippen molar-refractivity contribution in [3.63, 3.8) is 0 Å². The van der Waals surface area contributed by atoms with Crippen LogP contribution in [0.5, 0.6) is 0 Å². The van der Waals surface area contributed by atoms with Gasteiger partial charge >= 0.3 is 0 Å². The van der Waals surface area contributed by atoms with Crippen LogP contribution in [0.2, 0.25) is 0 Å². The van der Waals surface area contributed by atoms with Gasteiger partial charge in [0, 0.05) is 25.2 Å². The second kappa shape index (κ2) is 4.80. The molecule has 0 radical (unpaired) electrons. The molecule has 0 aliphatic carbocycles. The number of hydrogen-bond donors (Lipinski definition) is 2. The molecule has 2 rings (SSSR count). The predicted octanol–water partition coefficient (Wildman–Crippen LogP) is 0.582. The van der Waals surface area contributed by atoms with Crippen molar-refractivity contribution in [1.29, 1.82) is 0 Å². The molecule has 2 amide bonds. The van der Waals surface area contributed by atoms with Crippen molar-refractivity contribution in [3.05, 3.63) is 11.8 Å². The number of rotatable bonds is 2. The molecule has 2 heterocycles. The van der Waals surface area contributed by atoms with Crippen LogP contribution in [0.3, 0.4) is 0 Å². The van der Waals surface area contributed by atoms with Gasteiger partial charge in [0.25, 0.3) is 0 Å². The lowest BCUT2D eigenvalue weighted by Gasteiger charge is -2.26. The molecule has 1 aromatic rings. The Balaban J connectivity index is 2.01. The molecule has 0 saturated carbocycles. The van der Waals surface area contributed by atoms with E-state index in [0.717, 1.165) is 5.69 Å². The molecule has 2 atom stereocenters. The minimum absolute atomic E-state index is 0.0638. The van der Waals surface area contributed by atoms with Crippen LogP contribution in [0.1, 0.15) is 25.5 Å². The number of carbonyl (C=O) groups excluding carboxylic acids is 2. The number of aryl methyl sites for hydroxylation is 2.